The summed E-state index contributed by atoms with van der Waals surface area (Å²) in [6, 6.07) is 18.0. The van der Waals surface area contributed by atoms with E-state index >= 15 is 0 Å². The molecule has 15 heavy (non-hydrogen) atoms. The van der Waals surface area contributed by atoms with E-state index in [1.807, 2.05) is 30.3 Å². The first-order valence-corrected chi connectivity index (χ1v) is 5.02. The lowest BCUT2D eigenvalue weighted by atomic mass is 10.2. The topological polar surface area (TPSA) is 26.0 Å². The highest BCUT2D eigenvalue weighted by molar-refractivity contribution is 5.35. The molecule has 0 bridgehead atoms. The van der Waals surface area contributed by atoms with Gasteiger partial charge < -0.3 is 5.73 Å². The SMILES string of the molecule is Cc1ccc(C)cc1.Nc1ccccc1. The molecule has 2 aromatic carbocycles. The maximum absolute atomic E-state index is 5.36. The molecule has 0 fully saturated rings. The van der Waals surface area contributed by atoms with Crippen molar-refractivity contribution in [1.82, 2.24) is 0 Å². The number of benzene rings is 2. The van der Waals surface area contributed by atoms with Gasteiger partial charge in [0.2, 0.25) is 0 Å². The molecule has 2 rings (SSSR count). The molecule has 0 aliphatic carbocycles. The van der Waals surface area contributed by atoms with Crippen molar-refractivity contribution in [3.05, 3.63) is 65.7 Å². The molecule has 0 unspecified atom stereocenters. The molecule has 0 aromatic heterocycles. The smallest absolute Gasteiger partial charge is 0.0313 e. The normalized spacial score (nSPS) is 8.93. The Morgan fingerprint density at radius 1 is 0.667 bits per heavy atom. The second kappa shape index (κ2) is 5.86. The molecule has 0 amide bonds. The minimum atomic E-state index is 0.822. The molecule has 1 nitrogen and oxygen atoms in total. The summed E-state index contributed by atoms with van der Waals surface area (Å²) in [7, 11) is 0. The average Bonchev–Trinajstić information content (AvgIpc) is 2.25. The van der Waals surface area contributed by atoms with Crippen LogP contribution in [0.4, 0.5) is 5.69 Å². The fourth-order valence-corrected chi connectivity index (χ4v) is 1.09. The number of hydrogen-bond acceptors (Lipinski definition) is 1. The van der Waals surface area contributed by atoms with E-state index in [-0.39, 0.29) is 0 Å². The number of aryl methyl sites for hydroxylation is 2. The summed E-state index contributed by atoms with van der Waals surface area (Å²) in [5.74, 6) is 0. The van der Waals surface area contributed by atoms with Crippen molar-refractivity contribution in [2.45, 2.75) is 13.8 Å². The molecule has 0 aliphatic rings. The molecule has 0 saturated heterocycles. The minimum Gasteiger partial charge on any atom is -0.399 e. The fraction of sp³-hybridized carbons (Fsp3) is 0.143. The Labute approximate surface area is 91.6 Å². The van der Waals surface area contributed by atoms with E-state index < -0.39 is 0 Å². The molecule has 0 atom stereocenters. The van der Waals surface area contributed by atoms with Gasteiger partial charge >= 0.3 is 0 Å². The van der Waals surface area contributed by atoms with E-state index in [9.17, 15) is 0 Å². The van der Waals surface area contributed by atoms with Crippen LogP contribution in [-0.4, -0.2) is 0 Å². The fourth-order valence-electron chi connectivity index (χ4n) is 1.09. The highest BCUT2D eigenvalue weighted by Crippen LogP contribution is 1.99. The van der Waals surface area contributed by atoms with E-state index in [1.165, 1.54) is 11.1 Å². The molecule has 2 N–H and O–H groups in total. The Morgan fingerprint density at radius 3 is 1.33 bits per heavy atom. The monoisotopic (exact) mass is 199 g/mol. The summed E-state index contributed by atoms with van der Waals surface area (Å²) in [4.78, 5) is 0. The second-order valence-electron chi connectivity index (χ2n) is 3.57. The molecule has 0 radical (unpaired) electrons. The standard InChI is InChI=1S/C8H10.C6H7N/c1-7-3-5-8(2)6-4-7;7-6-4-2-1-3-5-6/h3-6H,1-2H3;1-5H,7H2. The van der Waals surface area contributed by atoms with Gasteiger partial charge in [-0.15, -0.1) is 0 Å². The van der Waals surface area contributed by atoms with Gasteiger partial charge in [0.15, 0.2) is 0 Å². The zero-order valence-corrected chi connectivity index (χ0v) is 9.27. The predicted molar refractivity (Wildman–Crippen MR) is 66.8 cm³/mol. The maximum Gasteiger partial charge on any atom is 0.0313 e. The van der Waals surface area contributed by atoms with Crippen molar-refractivity contribution in [3.63, 3.8) is 0 Å². The second-order valence-corrected chi connectivity index (χ2v) is 3.57. The summed E-state index contributed by atoms with van der Waals surface area (Å²) in [5, 5.41) is 0. The zero-order chi connectivity index (χ0) is 11.1. The Kier molecular flexibility index (Phi) is 4.42. The van der Waals surface area contributed by atoms with E-state index in [2.05, 4.69) is 38.1 Å². The molecule has 0 aliphatic heterocycles. The van der Waals surface area contributed by atoms with Crippen LogP contribution in [-0.2, 0) is 0 Å². The number of anilines is 1. The van der Waals surface area contributed by atoms with Crippen molar-refractivity contribution in [3.8, 4) is 0 Å². The van der Waals surface area contributed by atoms with Gasteiger partial charge in [-0.25, -0.2) is 0 Å². The summed E-state index contributed by atoms with van der Waals surface area (Å²) < 4.78 is 0. The van der Waals surface area contributed by atoms with E-state index in [4.69, 9.17) is 5.73 Å². The third-order valence-corrected chi connectivity index (χ3v) is 2.02. The lowest BCUT2D eigenvalue weighted by Gasteiger charge is -1.90. The van der Waals surface area contributed by atoms with E-state index in [1.54, 1.807) is 0 Å². The first-order chi connectivity index (χ1) is 7.18. The summed E-state index contributed by atoms with van der Waals surface area (Å²) >= 11 is 0. The van der Waals surface area contributed by atoms with Gasteiger partial charge in [-0.05, 0) is 26.0 Å². The van der Waals surface area contributed by atoms with Crippen LogP contribution in [0.15, 0.2) is 54.6 Å². The average molecular weight is 199 g/mol. The number of nitrogen functional groups attached to an aromatic ring is 1. The Morgan fingerprint density at radius 2 is 1.07 bits per heavy atom. The van der Waals surface area contributed by atoms with Gasteiger partial charge in [0.05, 0.1) is 0 Å². The Balaban J connectivity index is 0.000000151. The summed E-state index contributed by atoms with van der Waals surface area (Å²) in [6.45, 7) is 4.19. The molecular formula is C14H17N. The van der Waals surface area contributed by atoms with Crippen molar-refractivity contribution in [1.29, 1.82) is 0 Å². The van der Waals surface area contributed by atoms with Gasteiger partial charge in [-0.1, -0.05) is 53.6 Å². The van der Waals surface area contributed by atoms with Crippen LogP contribution in [0.1, 0.15) is 11.1 Å². The largest absolute Gasteiger partial charge is 0.399 e. The Hall–Kier alpha value is -1.76. The maximum atomic E-state index is 5.36. The molecule has 1 heteroatoms. The van der Waals surface area contributed by atoms with Crippen LogP contribution >= 0.6 is 0 Å². The van der Waals surface area contributed by atoms with E-state index in [0.717, 1.165) is 5.69 Å². The van der Waals surface area contributed by atoms with Crippen LogP contribution < -0.4 is 5.73 Å². The van der Waals surface area contributed by atoms with Crippen molar-refractivity contribution >= 4 is 5.69 Å². The van der Waals surface area contributed by atoms with Crippen LogP contribution in [0.5, 0.6) is 0 Å². The van der Waals surface area contributed by atoms with Crippen molar-refractivity contribution in [2.75, 3.05) is 5.73 Å². The molecule has 78 valence electrons. The van der Waals surface area contributed by atoms with Crippen molar-refractivity contribution in [2.24, 2.45) is 0 Å². The zero-order valence-electron chi connectivity index (χ0n) is 9.27. The van der Waals surface area contributed by atoms with Gasteiger partial charge in [0, 0.05) is 5.69 Å². The molecule has 0 saturated carbocycles. The molecule has 0 spiro atoms. The van der Waals surface area contributed by atoms with Crippen LogP contribution in [0, 0.1) is 13.8 Å². The first kappa shape index (κ1) is 11.3. The number of rotatable bonds is 0. The van der Waals surface area contributed by atoms with E-state index in [0.29, 0.717) is 0 Å². The molecule has 0 heterocycles. The van der Waals surface area contributed by atoms with Gasteiger partial charge in [0.25, 0.3) is 0 Å². The first-order valence-electron chi connectivity index (χ1n) is 5.02. The Bertz CT molecular complexity index is 355. The van der Waals surface area contributed by atoms with Gasteiger partial charge in [-0.2, -0.15) is 0 Å². The summed E-state index contributed by atoms with van der Waals surface area (Å²) in [5.41, 5.74) is 8.84. The predicted octanol–water partition coefficient (Wildman–Crippen LogP) is 3.57. The minimum absolute atomic E-state index is 0.822. The van der Waals surface area contributed by atoms with Gasteiger partial charge in [-0.3, -0.25) is 0 Å². The van der Waals surface area contributed by atoms with Crippen molar-refractivity contribution < 1.29 is 0 Å². The number of hydrogen-bond donors (Lipinski definition) is 1. The number of nitrogens with two attached hydrogens (primary N) is 1. The van der Waals surface area contributed by atoms with Gasteiger partial charge in [0.1, 0.15) is 0 Å². The summed E-state index contributed by atoms with van der Waals surface area (Å²) in [6.07, 6.45) is 0. The third-order valence-electron chi connectivity index (χ3n) is 2.02. The molecule has 2 aromatic rings. The third kappa shape index (κ3) is 4.87. The van der Waals surface area contributed by atoms with Crippen LogP contribution in [0.2, 0.25) is 0 Å². The van der Waals surface area contributed by atoms with Crippen LogP contribution in [0.3, 0.4) is 0 Å². The highest BCUT2D eigenvalue weighted by Gasteiger charge is 1.79. The van der Waals surface area contributed by atoms with Crippen LogP contribution in [0.25, 0.3) is 0 Å². The number of para-hydroxylation sites is 1. The lowest BCUT2D eigenvalue weighted by Crippen LogP contribution is -1.79. The quantitative estimate of drug-likeness (QED) is 0.645. The highest BCUT2D eigenvalue weighted by atomic mass is 14.5. The molecular weight excluding hydrogens is 182 g/mol. The lowest BCUT2D eigenvalue weighted by molar-refractivity contribution is 1.40.